The predicted molar refractivity (Wildman–Crippen MR) is 96.7 cm³/mol. The van der Waals surface area contributed by atoms with E-state index in [9.17, 15) is 26.7 Å². The summed E-state index contributed by atoms with van der Waals surface area (Å²) in [6.45, 7) is 1.38. The van der Waals surface area contributed by atoms with E-state index in [-0.39, 0.29) is 22.0 Å². The quantitative estimate of drug-likeness (QED) is 0.453. The van der Waals surface area contributed by atoms with E-state index in [0.29, 0.717) is 0 Å². The van der Waals surface area contributed by atoms with Crippen molar-refractivity contribution in [3.8, 4) is 5.75 Å². The number of sulfonamides is 1. The number of methoxy groups -OCH3 is 1. The van der Waals surface area contributed by atoms with Gasteiger partial charge < -0.3 is 14.2 Å². The van der Waals surface area contributed by atoms with Crippen LogP contribution < -0.4 is 9.84 Å². The van der Waals surface area contributed by atoms with Crippen LogP contribution in [-0.4, -0.2) is 30.8 Å². The van der Waals surface area contributed by atoms with Gasteiger partial charge in [-0.05, 0) is 30.7 Å². The topological polar surface area (TPSA) is 96.1 Å². The molecular weight excluding hydrogens is 435 g/mol. The van der Waals surface area contributed by atoms with Crippen LogP contribution in [0.4, 0.5) is 13.2 Å². The largest absolute Gasteiger partial charge is 0.856 e. The first-order valence-corrected chi connectivity index (χ1v) is 9.66. The molecule has 12 heteroatoms. The van der Waals surface area contributed by atoms with Crippen molar-refractivity contribution >= 4 is 33.2 Å². The third-order valence-corrected chi connectivity index (χ3v) is 5.64. The van der Waals surface area contributed by atoms with E-state index in [1.54, 1.807) is 0 Å². The van der Waals surface area contributed by atoms with Crippen molar-refractivity contribution < 1.29 is 31.4 Å². The number of pyridine rings is 1. The number of fused-ring (bicyclic) bond motifs is 1. The number of aryl methyl sites for hydroxylation is 1. The van der Waals surface area contributed by atoms with Gasteiger partial charge in [-0.3, -0.25) is 0 Å². The summed E-state index contributed by atoms with van der Waals surface area (Å²) in [5.74, 6) is -1.07. The molecule has 0 bridgehead atoms. The van der Waals surface area contributed by atoms with Gasteiger partial charge in [0.25, 0.3) is 10.0 Å². The third-order valence-electron chi connectivity index (χ3n) is 3.90. The molecule has 0 saturated heterocycles. The van der Waals surface area contributed by atoms with Crippen LogP contribution >= 0.6 is 11.6 Å². The summed E-state index contributed by atoms with van der Waals surface area (Å²) in [6, 6.07) is 4.66. The summed E-state index contributed by atoms with van der Waals surface area (Å²) in [6.07, 6.45) is -2.87. The molecule has 154 valence electrons. The van der Waals surface area contributed by atoms with Crippen LogP contribution in [0.5, 0.6) is 5.75 Å². The molecule has 0 radical (unpaired) electrons. The summed E-state index contributed by atoms with van der Waals surface area (Å²) >= 11 is 5.88. The van der Waals surface area contributed by atoms with E-state index in [4.69, 9.17) is 16.3 Å². The number of benzene rings is 1. The Hall–Kier alpha value is -2.79. The second-order valence-electron chi connectivity index (χ2n) is 5.93. The average Bonchev–Trinajstić information content (AvgIpc) is 3.06. The van der Waals surface area contributed by atoms with Crippen molar-refractivity contribution in [2.24, 2.45) is 4.40 Å². The fourth-order valence-electron chi connectivity index (χ4n) is 2.54. The van der Waals surface area contributed by atoms with E-state index in [0.717, 1.165) is 28.9 Å². The Labute approximate surface area is 168 Å². The molecule has 0 N–H and O–H groups in total. The summed E-state index contributed by atoms with van der Waals surface area (Å²) in [5.41, 5.74) is -1.16. The highest BCUT2D eigenvalue weighted by molar-refractivity contribution is 7.90. The standard InChI is InChI=1S/C17H13ClF3N3O4S/c1-9-5-10(17(19,20)21)7-24-8-13(22-15(9)24)16(25)23-29(26,27)14-6-11(28-2)3-4-12(14)18/h3-8H,1-2H3,(H,23,25)/p-1. The molecular formula is C17H12ClF3N3O4S-. The zero-order chi connectivity index (χ0) is 21.6. The lowest BCUT2D eigenvalue weighted by molar-refractivity contribution is -0.212. The Balaban J connectivity index is 2.08. The van der Waals surface area contributed by atoms with Crippen LogP contribution in [-0.2, 0) is 16.2 Å². The molecule has 0 saturated carbocycles. The number of hydrogen-bond acceptors (Lipinski definition) is 5. The lowest BCUT2D eigenvalue weighted by Crippen LogP contribution is -2.21. The molecule has 7 nitrogen and oxygen atoms in total. The van der Waals surface area contributed by atoms with Crippen LogP contribution in [0.1, 0.15) is 16.8 Å². The van der Waals surface area contributed by atoms with E-state index >= 15 is 0 Å². The lowest BCUT2D eigenvalue weighted by Gasteiger charge is -2.09. The lowest BCUT2D eigenvalue weighted by atomic mass is 10.2. The third kappa shape index (κ3) is 4.15. The number of hydrogen-bond donors (Lipinski definition) is 0. The predicted octanol–water partition coefficient (Wildman–Crippen LogP) is 2.82. The smallest absolute Gasteiger partial charge is 0.417 e. The Morgan fingerprint density at radius 3 is 2.59 bits per heavy atom. The first-order chi connectivity index (χ1) is 13.4. The van der Waals surface area contributed by atoms with E-state index in [1.165, 1.54) is 26.2 Å². The van der Waals surface area contributed by atoms with Crippen molar-refractivity contribution in [1.82, 2.24) is 9.38 Å². The van der Waals surface area contributed by atoms with Crippen LogP contribution in [0.3, 0.4) is 0 Å². The van der Waals surface area contributed by atoms with E-state index in [2.05, 4.69) is 9.38 Å². The Kier molecular flexibility index (Phi) is 5.22. The summed E-state index contributed by atoms with van der Waals surface area (Å²) < 4.78 is 72.9. The van der Waals surface area contributed by atoms with Gasteiger partial charge in [0.05, 0.1) is 23.4 Å². The van der Waals surface area contributed by atoms with E-state index in [1.807, 2.05) is 0 Å². The van der Waals surface area contributed by atoms with Crippen molar-refractivity contribution in [1.29, 1.82) is 0 Å². The zero-order valence-electron chi connectivity index (χ0n) is 14.9. The maximum absolute atomic E-state index is 12.9. The van der Waals surface area contributed by atoms with Crippen molar-refractivity contribution in [2.75, 3.05) is 7.11 Å². The highest BCUT2D eigenvalue weighted by atomic mass is 35.5. The van der Waals surface area contributed by atoms with Crippen LogP contribution in [0.25, 0.3) is 5.65 Å². The average molecular weight is 447 g/mol. The molecule has 2 heterocycles. The number of alkyl halides is 3. The number of imidazole rings is 1. The maximum Gasteiger partial charge on any atom is 0.417 e. The highest BCUT2D eigenvalue weighted by Crippen LogP contribution is 2.31. The van der Waals surface area contributed by atoms with Gasteiger partial charge in [0.2, 0.25) is 0 Å². The Morgan fingerprint density at radius 1 is 1.28 bits per heavy atom. The molecule has 0 aliphatic heterocycles. The molecule has 3 rings (SSSR count). The zero-order valence-corrected chi connectivity index (χ0v) is 16.4. The fourth-order valence-corrected chi connectivity index (χ4v) is 3.94. The minimum absolute atomic E-state index is 0.0633. The van der Waals surface area contributed by atoms with Crippen molar-refractivity contribution in [2.45, 2.75) is 18.0 Å². The van der Waals surface area contributed by atoms with Crippen molar-refractivity contribution in [3.05, 3.63) is 58.5 Å². The van der Waals surface area contributed by atoms with Gasteiger partial charge in [-0.2, -0.15) is 26.0 Å². The fraction of sp³-hybridized carbons (Fsp3) is 0.176. The molecule has 1 aromatic carbocycles. The van der Waals surface area contributed by atoms with Gasteiger partial charge in [0.1, 0.15) is 16.3 Å². The molecule has 0 unspecified atom stereocenters. The number of halogens is 4. The molecule has 3 aromatic rings. The first-order valence-electron chi connectivity index (χ1n) is 7.85. The summed E-state index contributed by atoms with van der Waals surface area (Å²) in [5, 5.41) is 12.2. The number of aromatic nitrogens is 2. The molecule has 0 amide bonds. The monoisotopic (exact) mass is 446 g/mol. The van der Waals surface area contributed by atoms with Gasteiger partial charge in [-0.25, -0.2) is 4.98 Å². The Bertz CT molecular complexity index is 1240. The maximum atomic E-state index is 12.9. The van der Waals surface area contributed by atoms with Gasteiger partial charge in [-0.15, -0.1) is 0 Å². The molecule has 0 aliphatic carbocycles. The number of rotatable bonds is 4. The second kappa shape index (κ2) is 7.23. The summed E-state index contributed by atoms with van der Waals surface area (Å²) in [7, 11) is -3.20. The van der Waals surface area contributed by atoms with Gasteiger partial charge in [0.15, 0.2) is 0 Å². The van der Waals surface area contributed by atoms with Crippen LogP contribution in [0.15, 0.2) is 46.0 Å². The Morgan fingerprint density at radius 2 is 1.97 bits per heavy atom. The highest BCUT2D eigenvalue weighted by Gasteiger charge is 2.31. The number of nitrogens with zero attached hydrogens (tertiary/aromatic N) is 3. The van der Waals surface area contributed by atoms with Crippen LogP contribution in [0.2, 0.25) is 5.02 Å². The molecule has 0 spiro atoms. The molecule has 0 aliphatic rings. The van der Waals surface area contributed by atoms with Gasteiger partial charge in [0, 0.05) is 24.4 Å². The van der Waals surface area contributed by atoms with Gasteiger partial charge >= 0.3 is 6.18 Å². The SMILES string of the molecule is COc1ccc(Cl)c(S(=O)(=O)/N=C(\[O-])c2cn3cc(C(F)(F)F)cc(C)c3n2)c1. The minimum atomic E-state index is -4.59. The van der Waals surface area contributed by atoms with Crippen LogP contribution in [0, 0.1) is 6.92 Å². The minimum Gasteiger partial charge on any atom is -0.856 e. The normalized spacial score (nSPS) is 13.1. The summed E-state index contributed by atoms with van der Waals surface area (Å²) in [4.78, 5) is 3.45. The molecule has 29 heavy (non-hydrogen) atoms. The van der Waals surface area contributed by atoms with Crippen molar-refractivity contribution in [3.63, 3.8) is 0 Å². The molecule has 2 aromatic heterocycles. The molecule has 0 atom stereocenters. The second-order valence-corrected chi connectivity index (χ2v) is 7.91. The van der Waals surface area contributed by atoms with Gasteiger partial charge in [-0.1, -0.05) is 11.6 Å². The van der Waals surface area contributed by atoms with E-state index < -0.39 is 38.3 Å². The first kappa shape index (κ1) is 20.9. The molecule has 0 fully saturated rings. The number of ether oxygens (including phenoxy) is 1.